The first kappa shape index (κ1) is 27.9. The zero-order valence-corrected chi connectivity index (χ0v) is 22.8. The van der Waals surface area contributed by atoms with Crippen LogP contribution in [0.3, 0.4) is 0 Å². The summed E-state index contributed by atoms with van der Waals surface area (Å²) in [5, 5.41) is 11.8. The Labute approximate surface area is 208 Å². The van der Waals surface area contributed by atoms with E-state index in [9.17, 15) is 14.9 Å². The number of carbonyl (C=O) groups is 1. The number of benzene rings is 2. The normalized spacial score (nSPS) is 13.4. The van der Waals surface area contributed by atoms with Crippen LogP contribution in [0, 0.1) is 10.1 Å². The van der Waals surface area contributed by atoms with Gasteiger partial charge in [0.15, 0.2) is 0 Å². The Bertz CT molecular complexity index is 976. The molecule has 6 heteroatoms. The van der Waals surface area contributed by atoms with Crippen molar-refractivity contribution in [3.8, 4) is 5.75 Å². The molecule has 0 aliphatic heterocycles. The van der Waals surface area contributed by atoms with E-state index in [0.717, 1.165) is 21.6 Å². The highest BCUT2D eigenvalue weighted by molar-refractivity contribution is 7.99. The fraction of sp³-hybridized carbons (Fsp3) is 0.536. The molecule has 2 rings (SSSR count). The summed E-state index contributed by atoms with van der Waals surface area (Å²) in [7, 11) is 0. The molecule has 0 N–H and O–H groups in total. The summed E-state index contributed by atoms with van der Waals surface area (Å²) in [6.45, 7) is 18.9. The van der Waals surface area contributed by atoms with Gasteiger partial charge in [-0.25, -0.2) is 4.79 Å². The highest BCUT2D eigenvalue weighted by Gasteiger charge is 2.36. The lowest BCUT2D eigenvalue weighted by molar-refractivity contribution is -0.509. The molecule has 0 aliphatic carbocycles. The third-order valence-corrected chi connectivity index (χ3v) is 6.75. The lowest BCUT2D eigenvalue weighted by Gasteiger charge is -2.32. The number of nitrogens with zero attached hydrogens (tertiary/aromatic N) is 1. The van der Waals surface area contributed by atoms with Gasteiger partial charge in [0, 0.05) is 33.1 Å². The summed E-state index contributed by atoms with van der Waals surface area (Å²) < 4.78 is 5.93. The van der Waals surface area contributed by atoms with E-state index in [1.54, 1.807) is 0 Å². The predicted octanol–water partition coefficient (Wildman–Crippen LogP) is 7.31. The SMILES string of the molecule is CC(C)(C)c1cc(C(C)(C)C)c(OC(=O)C(CCSc2ccccc2)[N+](=O)[O-])c(C(C)(C)C)c1. The van der Waals surface area contributed by atoms with E-state index in [4.69, 9.17) is 4.74 Å². The second kappa shape index (κ2) is 10.5. The topological polar surface area (TPSA) is 69.4 Å². The van der Waals surface area contributed by atoms with Gasteiger partial charge in [0.05, 0.1) is 0 Å². The molecular weight excluding hydrogens is 446 g/mol. The van der Waals surface area contributed by atoms with Crippen molar-refractivity contribution in [2.75, 3.05) is 5.75 Å². The Balaban J connectivity index is 2.43. The Morgan fingerprint density at radius 1 is 0.912 bits per heavy atom. The minimum Gasteiger partial charge on any atom is -0.421 e. The molecular formula is C28H39NO4S. The third-order valence-electron chi connectivity index (χ3n) is 5.70. The van der Waals surface area contributed by atoms with Gasteiger partial charge in [0.2, 0.25) is 0 Å². The average molecular weight is 486 g/mol. The molecule has 0 aliphatic rings. The third kappa shape index (κ3) is 7.33. The van der Waals surface area contributed by atoms with E-state index in [1.807, 2.05) is 30.3 Å². The van der Waals surface area contributed by atoms with Gasteiger partial charge in [-0.1, -0.05) is 92.6 Å². The molecule has 0 aromatic heterocycles. The van der Waals surface area contributed by atoms with Crippen LogP contribution < -0.4 is 4.74 Å². The minimum absolute atomic E-state index is 0.0967. The summed E-state index contributed by atoms with van der Waals surface area (Å²) >= 11 is 1.50. The van der Waals surface area contributed by atoms with Gasteiger partial charge in [-0.15, -0.1) is 11.8 Å². The maximum atomic E-state index is 13.2. The number of rotatable bonds is 7. The van der Waals surface area contributed by atoms with Crippen LogP contribution in [0.15, 0.2) is 47.4 Å². The molecule has 0 bridgehead atoms. The number of hydrogen-bond acceptors (Lipinski definition) is 5. The number of nitro groups is 1. The van der Waals surface area contributed by atoms with E-state index in [-0.39, 0.29) is 22.7 Å². The van der Waals surface area contributed by atoms with Crippen molar-refractivity contribution in [1.82, 2.24) is 0 Å². The summed E-state index contributed by atoms with van der Waals surface area (Å²) in [5.74, 6) is 0.102. The van der Waals surface area contributed by atoms with Crippen LogP contribution in [0.1, 0.15) is 85.4 Å². The Morgan fingerprint density at radius 3 is 1.82 bits per heavy atom. The van der Waals surface area contributed by atoms with Crippen molar-refractivity contribution in [3.05, 3.63) is 69.3 Å². The van der Waals surface area contributed by atoms with Crippen molar-refractivity contribution in [1.29, 1.82) is 0 Å². The van der Waals surface area contributed by atoms with Crippen molar-refractivity contribution >= 4 is 17.7 Å². The van der Waals surface area contributed by atoms with Gasteiger partial charge < -0.3 is 4.74 Å². The zero-order valence-electron chi connectivity index (χ0n) is 22.0. The molecule has 0 saturated heterocycles. The lowest BCUT2D eigenvalue weighted by Crippen LogP contribution is -2.35. The highest BCUT2D eigenvalue weighted by Crippen LogP contribution is 2.43. The maximum Gasteiger partial charge on any atom is 0.387 e. The summed E-state index contributed by atoms with van der Waals surface area (Å²) in [4.78, 5) is 25.5. The molecule has 2 aromatic rings. The Morgan fingerprint density at radius 2 is 1.41 bits per heavy atom. The number of thioether (sulfide) groups is 1. The van der Waals surface area contributed by atoms with Crippen LogP contribution in [-0.4, -0.2) is 22.7 Å². The molecule has 0 radical (unpaired) electrons. The lowest BCUT2D eigenvalue weighted by atomic mass is 9.74. The van der Waals surface area contributed by atoms with Crippen molar-refractivity contribution in [2.45, 2.75) is 95.9 Å². The molecule has 0 fully saturated rings. The van der Waals surface area contributed by atoms with Gasteiger partial charge in [-0.3, -0.25) is 10.1 Å². The second-order valence-corrected chi connectivity index (χ2v) is 13.0. The molecule has 1 unspecified atom stereocenters. The van der Waals surface area contributed by atoms with E-state index < -0.39 is 16.9 Å². The maximum absolute atomic E-state index is 13.2. The zero-order chi connectivity index (χ0) is 25.9. The molecule has 0 saturated carbocycles. The molecule has 1 atom stereocenters. The Hall–Kier alpha value is -2.34. The fourth-order valence-electron chi connectivity index (χ4n) is 3.57. The highest BCUT2D eigenvalue weighted by atomic mass is 32.2. The smallest absolute Gasteiger partial charge is 0.387 e. The largest absolute Gasteiger partial charge is 0.421 e. The molecule has 34 heavy (non-hydrogen) atoms. The van der Waals surface area contributed by atoms with E-state index in [0.29, 0.717) is 11.5 Å². The fourth-order valence-corrected chi connectivity index (χ4v) is 4.50. The molecule has 2 aromatic carbocycles. The molecule has 5 nitrogen and oxygen atoms in total. The first-order valence-corrected chi connectivity index (χ1v) is 12.7. The van der Waals surface area contributed by atoms with E-state index in [2.05, 4.69) is 74.4 Å². The van der Waals surface area contributed by atoms with Crippen molar-refractivity contribution in [3.63, 3.8) is 0 Å². The second-order valence-electron chi connectivity index (χ2n) is 11.8. The average Bonchev–Trinajstić information content (AvgIpc) is 2.69. The minimum atomic E-state index is -1.42. The van der Waals surface area contributed by atoms with E-state index in [1.165, 1.54) is 11.8 Å². The van der Waals surface area contributed by atoms with E-state index >= 15 is 0 Å². The number of hydrogen-bond donors (Lipinski definition) is 0. The Kier molecular flexibility index (Phi) is 8.62. The van der Waals surface area contributed by atoms with Crippen LogP contribution in [0.2, 0.25) is 0 Å². The first-order chi connectivity index (χ1) is 15.5. The standard InChI is InChI=1S/C28H39NO4S/c1-26(2,3)19-17-21(27(4,5)6)24(22(18-19)28(7,8)9)33-25(30)23(29(31)32)15-16-34-20-13-11-10-12-14-20/h10-14,17-18,23H,15-16H2,1-9H3. The predicted molar refractivity (Wildman–Crippen MR) is 141 cm³/mol. The first-order valence-electron chi connectivity index (χ1n) is 11.7. The summed E-state index contributed by atoms with van der Waals surface area (Å²) in [6, 6.07) is 12.4. The van der Waals surface area contributed by atoms with Gasteiger partial charge in [0.1, 0.15) is 5.75 Å². The molecule has 0 spiro atoms. The van der Waals surface area contributed by atoms with Crippen LogP contribution in [0.5, 0.6) is 5.75 Å². The van der Waals surface area contributed by atoms with Crippen LogP contribution in [-0.2, 0) is 21.0 Å². The van der Waals surface area contributed by atoms with Gasteiger partial charge >= 0.3 is 12.0 Å². The van der Waals surface area contributed by atoms with Crippen molar-refractivity contribution in [2.24, 2.45) is 0 Å². The number of carbonyl (C=O) groups excluding carboxylic acids is 1. The summed E-state index contributed by atoms with van der Waals surface area (Å²) in [5.41, 5.74) is 2.19. The van der Waals surface area contributed by atoms with Gasteiger partial charge in [0.25, 0.3) is 0 Å². The van der Waals surface area contributed by atoms with Crippen LogP contribution in [0.4, 0.5) is 0 Å². The van der Waals surface area contributed by atoms with Crippen molar-refractivity contribution < 1.29 is 14.5 Å². The number of esters is 1. The van der Waals surface area contributed by atoms with Crippen LogP contribution >= 0.6 is 11.8 Å². The quantitative estimate of drug-likeness (QED) is 0.135. The number of ether oxygens (including phenoxy) is 1. The van der Waals surface area contributed by atoms with Gasteiger partial charge in [-0.05, 0) is 33.9 Å². The molecule has 186 valence electrons. The summed E-state index contributed by atoms with van der Waals surface area (Å²) in [6.07, 6.45) is 0.0984. The molecule has 0 heterocycles. The molecule has 0 amide bonds. The van der Waals surface area contributed by atoms with Gasteiger partial charge in [-0.2, -0.15) is 0 Å². The van der Waals surface area contributed by atoms with Crippen LogP contribution in [0.25, 0.3) is 0 Å². The monoisotopic (exact) mass is 485 g/mol.